The summed E-state index contributed by atoms with van der Waals surface area (Å²) >= 11 is 4.87. The van der Waals surface area contributed by atoms with E-state index in [-0.39, 0.29) is 11.6 Å². The third-order valence-corrected chi connectivity index (χ3v) is 5.23. The number of hydrogen-bond donors (Lipinski definition) is 1. The second kappa shape index (κ2) is 6.93. The summed E-state index contributed by atoms with van der Waals surface area (Å²) in [5, 5.41) is 3.36. The summed E-state index contributed by atoms with van der Waals surface area (Å²) in [4.78, 5) is 26.7. The molecule has 7 heteroatoms. The molecule has 4 rings (SSSR count). The van der Waals surface area contributed by atoms with Crippen LogP contribution < -0.4 is 5.32 Å². The third-order valence-electron chi connectivity index (χ3n) is 3.82. The van der Waals surface area contributed by atoms with Gasteiger partial charge in [0.15, 0.2) is 5.13 Å². The van der Waals surface area contributed by atoms with Gasteiger partial charge in [-0.15, -0.1) is 11.3 Å². The van der Waals surface area contributed by atoms with Gasteiger partial charge in [0.2, 0.25) is 0 Å². The summed E-state index contributed by atoms with van der Waals surface area (Å²) in [5.74, 6) is -0.320. The van der Waals surface area contributed by atoms with E-state index in [4.69, 9.17) is 0 Å². The Kier molecular flexibility index (Phi) is 4.48. The van der Waals surface area contributed by atoms with Gasteiger partial charge < -0.3 is 0 Å². The van der Waals surface area contributed by atoms with Crippen LogP contribution in [-0.2, 0) is 0 Å². The molecule has 0 aliphatic heterocycles. The molecule has 0 bridgehead atoms. The van der Waals surface area contributed by atoms with Crippen molar-refractivity contribution in [3.8, 4) is 11.3 Å². The van der Waals surface area contributed by atoms with Gasteiger partial charge in [0, 0.05) is 14.9 Å². The number of hydrogen-bond acceptors (Lipinski definition) is 5. The lowest BCUT2D eigenvalue weighted by molar-refractivity contribution is 0.102. The van der Waals surface area contributed by atoms with Gasteiger partial charge >= 0.3 is 0 Å². The van der Waals surface area contributed by atoms with Gasteiger partial charge in [-0.1, -0.05) is 40.2 Å². The first kappa shape index (κ1) is 16.8. The number of benzene rings is 2. The van der Waals surface area contributed by atoms with Crippen molar-refractivity contribution in [3.63, 3.8) is 0 Å². The fraction of sp³-hybridized carbons (Fsp3) is 0.0526. The number of rotatable bonds is 3. The number of halogens is 1. The first-order chi connectivity index (χ1) is 12.6. The number of nitrogens with one attached hydrogen (secondary N) is 1. The van der Waals surface area contributed by atoms with Crippen molar-refractivity contribution in [2.45, 2.75) is 6.92 Å². The van der Waals surface area contributed by atoms with Crippen LogP contribution in [-0.4, -0.2) is 20.9 Å². The fourth-order valence-corrected chi connectivity index (χ4v) is 3.65. The number of anilines is 1. The van der Waals surface area contributed by atoms with Crippen LogP contribution in [0.3, 0.4) is 0 Å². The molecule has 0 radical (unpaired) electrons. The molecule has 1 amide bonds. The maximum atomic E-state index is 12.5. The number of carbonyl (C=O) groups excluding carboxylic acids is 1. The molecule has 26 heavy (non-hydrogen) atoms. The monoisotopic (exact) mass is 424 g/mol. The van der Waals surface area contributed by atoms with Crippen molar-refractivity contribution in [3.05, 3.63) is 69.8 Å². The highest BCUT2D eigenvalue weighted by atomic mass is 79.9. The summed E-state index contributed by atoms with van der Waals surface area (Å²) in [7, 11) is 0. The molecule has 0 aliphatic rings. The summed E-state index contributed by atoms with van der Waals surface area (Å²) in [6.45, 7) is 1.99. The fourth-order valence-electron chi connectivity index (χ4n) is 2.55. The normalized spacial score (nSPS) is 10.8. The Balaban J connectivity index is 1.59. The number of nitrogens with zero attached hydrogens (tertiary/aromatic N) is 3. The van der Waals surface area contributed by atoms with Crippen LogP contribution in [0.1, 0.15) is 15.4 Å². The zero-order chi connectivity index (χ0) is 18.1. The Hall–Kier alpha value is -2.64. The van der Waals surface area contributed by atoms with E-state index in [0.717, 1.165) is 26.1 Å². The largest absolute Gasteiger partial charge is 0.296 e. The Labute approximate surface area is 162 Å². The Morgan fingerprint density at radius 1 is 1.04 bits per heavy atom. The highest BCUT2D eigenvalue weighted by molar-refractivity contribution is 9.10. The maximum Gasteiger partial charge on any atom is 0.277 e. The first-order valence-corrected chi connectivity index (χ1v) is 9.47. The summed E-state index contributed by atoms with van der Waals surface area (Å²) in [6.07, 6.45) is 1.48. The third kappa shape index (κ3) is 3.36. The average molecular weight is 425 g/mol. The maximum absolute atomic E-state index is 12.5. The van der Waals surface area contributed by atoms with Crippen molar-refractivity contribution in [1.82, 2.24) is 15.0 Å². The molecule has 2 heterocycles. The molecule has 0 saturated heterocycles. The highest BCUT2D eigenvalue weighted by Crippen LogP contribution is 2.31. The van der Waals surface area contributed by atoms with E-state index in [2.05, 4.69) is 36.2 Å². The van der Waals surface area contributed by atoms with Crippen molar-refractivity contribution in [2.24, 2.45) is 0 Å². The van der Waals surface area contributed by atoms with Gasteiger partial charge in [-0.25, -0.2) is 9.97 Å². The lowest BCUT2D eigenvalue weighted by atomic mass is 10.1. The summed E-state index contributed by atoms with van der Waals surface area (Å²) in [6, 6.07) is 15.4. The van der Waals surface area contributed by atoms with Crippen LogP contribution in [0.2, 0.25) is 0 Å². The Bertz CT molecular complexity index is 1110. The summed E-state index contributed by atoms with van der Waals surface area (Å²) in [5.41, 5.74) is 3.58. The molecule has 0 spiro atoms. The predicted octanol–water partition coefficient (Wildman–Crippen LogP) is 5.08. The van der Waals surface area contributed by atoms with Gasteiger partial charge in [-0.05, 0) is 31.2 Å². The molecule has 128 valence electrons. The molecule has 2 aromatic carbocycles. The molecule has 0 aliphatic carbocycles. The van der Waals surface area contributed by atoms with E-state index in [1.165, 1.54) is 17.5 Å². The molecular weight excluding hydrogens is 412 g/mol. The van der Waals surface area contributed by atoms with Crippen molar-refractivity contribution < 1.29 is 4.79 Å². The molecule has 0 unspecified atom stereocenters. The minimum absolute atomic E-state index is 0.266. The second-order valence-corrected chi connectivity index (χ2v) is 7.75. The predicted molar refractivity (Wildman–Crippen MR) is 107 cm³/mol. The van der Waals surface area contributed by atoms with Gasteiger partial charge in [0.1, 0.15) is 5.69 Å². The standard InChI is InChI=1S/C19H13BrN4OS/c1-11-17(12-6-8-13(20)9-7-12)23-19(26-11)24-18(25)16-10-21-14-4-2-3-5-15(14)22-16/h2-10H,1H3,(H,23,24,25). The first-order valence-electron chi connectivity index (χ1n) is 7.86. The number of aryl methyl sites for hydroxylation is 1. The van der Waals surface area contributed by atoms with E-state index in [1.54, 1.807) is 0 Å². The molecule has 1 N–H and O–H groups in total. The van der Waals surface area contributed by atoms with Gasteiger partial charge in [-0.3, -0.25) is 15.1 Å². The zero-order valence-electron chi connectivity index (χ0n) is 13.7. The zero-order valence-corrected chi connectivity index (χ0v) is 16.1. The van der Waals surface area contributed by atoms with E-state index in [1.807, 2.05) is 55.5 Å². The van der Waals surface area contributed by atoms with Crippen LogP contribution in [0.5, 0.6) is 0 Å². The van der Waals surface area contributed by atoms with Crippen LogP contribution in [0.4, 0.5) is 5.13 Å². The second-order valence-electron chi connectivity index (χ2n) is 5.63. The van der Waals surface area contributed by atoms with E-state index >= 15 is 0 Å². The number of carbonyl (C=O) groups is 1. The summed E-state index contributed by atoms with van der Waals surface area (Å²) < 4.78 is 1.01. The van der Waals surface area contributed by atoms with Gasteiger partial charge in [0.25, 0.3) is 5.91 Å². The minimum Gasteiger partial charge on any atom is -0.296 e. The number of thiazole rings is 1. The number of aromatic nitrogens is 3. The lowest BCUT2D eigenvalue weighted by Gasteiger charge is -2.02. The number of fused-ring (bicyclic) bond motifs is 1. The van der Waals surface area contributed by atoms with Gasteiger partial charge in [0.05, 0.1) is 22.9 Å². The minimum atomic E-state index is -0.320. The Morgan fingerprint density at radius 2 is 1.77 bits per heavy atom. The quantitative estimate of drug-likeness (QED) is 0.497. The highest BCUT2D eigenvalue weighted by Gasteiger charge is 2.14. The Morgan fingerprint density at radius 3 is 2.54 bits per heavy atom. The SMILES string of the molecule is Cc1sc(NC(=O)c2cnc3ccccc3n2)nc1-c1ccc(Br)cc1. The topological polar surface area (TPSA) is 67.8 Å². The van der Waals surface area contributed by atoms with Crippen molar-refractivity contribution in [2.75, 3.05) is 5.32 Å². The van der Waals surface area contributed by atoms with E-state index in [9.17, 15) is 4.79 Å². The molecule has 4 aromatic rings. The molecule has 0 saturated carbocycles. The molecule has 0 atom stereocenters. The van der Waals surface area contributed by atoms with Crippen LogP contribution in [0.15, 0.2) is 59.2 Å². The smallest absolute Gasteiger partial charge is 0.277 e. The lowest BCUT2D eigenvalue weighted by Crippen LogP contribution is -2.14. The number of para-hydroxylation sites is 2. The molecule has 0 fully saturated rings. The number of amides is 1. The van der Waals surface area contributed by atoms with Crippen LogP contribution in [0.25, 0.3) is 22.3 Å². The molecular formula is C19H13BrN4OS. The van der Waals surface area contributed by atoms with Crippen LogP contribution >= 0.6 is 27.3 Å². The van der Waals surface area contributed by atoms with E-state index in [0.29, 0.717) is 10.6 Å². The van der Waals surface area contributed by atoms with Crippen molar-refractivity contribution >= 4 is 49.3 Å². The van der Waals surface area contributed by atoms with Crippen molar-refractivity contribution in [1.29, 1.82) is 0 Å². The molecule has 5 nitrogen and oxygen atoms in total. The van der Waals surface area contributed by atoms with Gasteiger partial charge in [-0.2, -0.15) is 0 Å². The van der Waals surface area contributed by atoms with Crippen LogP contribution in [0, 0.1) is 6.92 Å². The average Bonchev–Trinajstić information content (AvgIpc) is 3.02. The molecule has 2 aromatic heterocycles. The van der Waals surface area contributed by atoms with E-state index < -0.39 is 0 Å².